The van der Waals surface area contributed by atoms with Crippen LogP contribution in [0.25, 0.3) is 0 Å². The molecule has 122 valence electrons. The summed E-state index contributed by atoms with van der Waals surface area (Å²) in [5.41, 5.74) is 5.66. The summed E-state index contributed by atoms with van der Waals surface area (Å²) in [5, 5.41) is 5.07. The van der Waals surface area contributed by atoms with Gasteiger partial charge in [0, 0.05) is 26.1 Å². The Hall–Kier alpha value is -1.63. The molecular formula is C14H28N4O3. The topological polar surface area (TPSA) is 105 Å². The molecule has 21 heavy (non-hydrogen) atoms. The molecule has 0 bridgehead atoms. The third-order valence-corrected chi connectivity index (χ3v) is 3.22. The van der Waals surface area contributed by atoms with Gasteiger partial charge in [-0.2, -0.15) is 0 Å². The summed E-state index contributed by atoms with van der Waals surface area (Å²) in [4.78, 5) is 36.5. The summed E-state index contributed by atoms with van der Waals surface area (Å²) in [7, 11) is 0. The third-order valence-electron chi connectivity index (χ3n) is 3.22. The first-order chi connectivity index (χ1) is 9.83. The van der Waals surface area contributed by atoms with Crippen LogP contribution in [0.2, 0.25) is 0 Å². The van der Waals surface area contributed by atoms with Crippen molar-refractivity contribution in [1.29, 1.82) is 0 Å². The highest BCUT2D eigenvalue weighted by Gasteiger charge is 2.17. The summed E-state index contributed by atoms with van der Waals surface area (Å²) in [6.45, 7) is 8.95. The number of nitrogens with two attached hydrogens (primary N) is 1. The molecule has 0 radical (unpaired) electrons. The molecule has 0 unspecified atom stereocenters. The highest BCUT2D eigenvalue weighted by molar-refractivity contribution is 5.87. The standard InChI is InChI=1S/C14H28N4O3/c1-5-18(6-2)12(20)7-8-16-11(19)9-17-14(21)13(15)10(3)4/h10,13H,5-9,15H2,1-4H3,(H,16,19)(H,17,21)/t13-/m0/s1. The number of nitrogens with zero attached hydrogens (tertiary/aromatic N) is 1. The van der Waals surface area contributed by atoms with E-state index in [9.17, 15) is 14.4 Å². The number of carbonyl (C=O) groups excluding carboxylic acids is 3. The Bertz CT molecular complexity index is 354. The zero-order valence-corrected chi connectivity index (χ0v) is 13.4. The highest BCUT2D eigenvalue weighted by Crippen LogP contribution is 1.97. The maximum Gasteiger partial charge on any atom is 0.239 e. The van der Waals surface area contributed by atoms with Gasteiger partial charge in [0.25, 0.3) is 0 Å². The average molecular weight is 300 g/mol. The van der Waals surface area contributed by atoms with Gasteiger partial charge in [0.2, 0.25) is 17.7 Å². The molecule has 0 aliphatic rings. The predicted molar refractivity (Wildman–Crippen MR) is 81.4 cm³/mol. The van der Waals surface area contributed by atoms with E-state index in [1.165, 1.54) is 0 Å². The van der Waals surface area contributed by atoms with Crippen molar-refractivity contribution in [2.45, 2.75) is 40.2 Å². The van der Waals surface area contributed by atoms with Crippen molar-refractivity contribution < 1.29 is 14.4 Å². The van der Waals surface area contributed by atoms with E-state index in [1.807, 2.05) is 27.7 Å². The Kier molecular flexibility index (Phi) is 9.36. The minimum absolute atomic E-state index is 0.00571. The van der Waals surface area contributed by atoms with Crippen LogP contribution in [-0.4, -0.2) is 54.8 Å². The molecule has 3 amide bonds. The molecule has 0 heterocycles. The quantitative estimate of drug-likeness (QED) is 0.532. The predicted octanol–water partition coefficient (Wildman–Crippen LogP) is -0.539. The van der Waals surface area contributed by atoms with Crippen molar-refractivity contribution in [2.75, 3.05) is 26.2 Å². The zero-order valence-electron chi connectivity index (χ0n) is 13.4. The molecular weight excluding hydrogens is 272 g/mol. The molecule has 1 atom stereocenters. The third kappa shape index (κ3) is 7.65. The first-order valence-corrected chi connectivity index (χ1v) is 7.41. The van der Waals surface area contributed by atoms with Gasteiger partial charge in [0.15, 0.2) is 0 Å². The molecule has 0 aliphatic carbocycles. The van der Waals surface area contributed by atoms with Crippen molar-refractivity contribution in [3.8, 4) is 0 Å². The number of hydrogen-bond acceptors (Lipinski definition) is 4. The van der Waals surface area contributed by atoms with E-state index in [1.54, 1.807) is 4.90 Å². The van der Waals surface area contributed by atoms with Crippen molar-refractivity contribution in [3.63, 3.8) is 0 Å². The number of hydrogen-bond donors (Lipinski definition) is 3. The number of carbonyl (C=O) groups is 3. The molecule has 0 aliphatic heterocycles. The maximum absolute atomic E-state index is 11.7. The summed E-state index contributed by atoms with van der Waals surface area (Å²) >= 11 is 0. The molecule has 0 saturated heterocycles. The second-order valence-corrected chi connectivity index (χ2v) is 5.15. The Balaban J connectivity index is 3.91. The van der Waals surface area contributed by atoms with E-state index < -0.39 is 6.04 Å². The van der Waals surface area contributed by atoms with Crippen LogP contribution in [0.3, 0.4) is 0 Å². The first kappa shape index (κ1) is 19.4. The SMILES string of the molecule is CCN(CC)C(=O)CCNC(=O)CNC(=O)[C@@H](N)C(C)C. The van der Waals surface area contributed by atoms with Crippen molar-refractivity contribution in [3.05, 3.63) is 0 Å². The molecule has 0 rings (SSSR count). The van der Waals surface area contributed by atoms with E-state index in [-0.39, 0.29) is 43.1 Å². The Morgan fingerprint density at radius 1 is 1.10 bits per heavy atom. The van der Waals surface area contributed by atoms with Crippen LogP contribution in [0.5, 0.6) is 0 Å². The molecule has 7 heteroatoms. The van der Waals surface area contributed by atoms with Crippen molar-refractivity contribution >= 4 is 17.7 Å². The lowest BCUT2D eigenvalue weighted by Gasteiger charge is -2.18. The molecule has 0 aromatic heterocycles. The maximum atomic E-state index is 11.7. The minimum atomic E-state index is -0.623. The molecule has 0 fully saturated rings. The summed E-state index contributed by atoms with van der Waals surface area (Å²) < 4.78 is 0. The molecule has 0 aromatic rings. The van der Waals surface area contributed by atoms with Crippen molar-refractivity contribution in [1.82, 2.24) is 15.5 Å². The molecule has 0 aromatic carbocycles. The fourth-order valence-corrected chi connectivity index (χ4v) is 1.69. The smallest absolute Gasteiger partial charge is 0.239 e. The zero-order chi connectivity index (χ0) is 16.4. The fourth-order valence-electron chi connectivity index (χ4n) is 1.69. The van der Waals surface area contributed by atoms with E-state index in [2.05, 4.69) is 10.6 Å². The van der Waals surface area contributed by atoms with Crippen LogP contribution in [0.4, 0.5) is 0 Å². The summed E-state index contributed by atoms with van der Waals surface area (Å²) in [5.74, 6) is -0.656. The van der Waals surface area contributed by atoms with Gasteiger partial charge in [-0.3, -0.25) is 14.4 Å². The molecule has 4 N–H and O–H groups in total. The Labute approximate surface area is 126 Å². The lowest BCUT2D eigenvalue weighted by molar-refractivity contribution is -0.131. The molecule has 0 spiro atoms. The number of amides is 3. The van der Waals surface area contributed by atoms with Gasteiger partial charge < -0.3 is 21.3 Å². The van der Waals surface area contributed by atoms with Crippen LogP contribution >= 0.6 is 0 Å². The van der Waals surface area contributed by atoms with E-state index >= 15 is 0 Å². The van der Waals surface area contributed by atoms with Crippen LogP contribution < -0.4 is 16.4 Å². The van der Waals surface area contributed by atoms with Crippen LogP contribution in [0.15, 0.2) is 0 Å². The lowest BCUT2D eigenvalue weighted by Crippen LogP contribution is -2.47. The largest absolute Gasteiger partial charge is 0.354 e. The molecule has 7 nitrogen and oxygen atoms in total. The van der Waals surface area contributed by atoms with Gasteiger partial charge in [0.05, 0.1) is 12.6 Å². The lowest BCUT2D eigenvalue weighted by atomic mass is 10.1. The van der Waals surface area contributed by atoms with Gasteiger partial charge in [-0.1, -0.05) is 13.8 Å². The number of rotatable bonds is 9. The summed E-state index contributed by atoms with van der Waals surface area (Å²) in [6, 6.07) is -0.623. The Morgan fingerprint density at radius 2 is 1.67 bits per heavy atom. The van der Waals surface area contributed by atoms with E-state index in [0.29, 0.717) is 13.1 Å². The van der Waals surface area contributed by atoms with Gasteiger partial charge in [-0.05, 0) is 19.8 Å². The van der Waals surface area contributed by atoms with Gasteiger partial charge in [0.1, 0.15) is 0 Å². The monoisotopic (exact) mass is 300 g/mol. The molecule has 0 saturated carbocycles. The number of nitrogens with one attached hydrogen (secondary N) is 2. The fraction of sp³-hybridized carbons (Fsp3) is 0.786. The van der Waals surface area contributed by atoms with Gasteiger partial charge in [-0.25, -0.2) is 0 Å². The van der Waals surface area contributed by atoms with Gasteiger partial charge in [-0.15, -0.1) is 0 Å². The average Bonchev–Trinajstić information content (AvgIpc) is 2.45. The van der Waals surface area contributed by atoms with Crippen LogP contribution in [0, 0.1) is 5.92 Å². The van der Waals surface area contributed by atoms with E-state index in [0.717, 1.165) is 0 Å². The van der Waals surface area contributed by atoms with E-state index in [4.69, 9.17) is 5.73 Å². The highest BCUT2D eigenvalue weighted by atomic mass is 16.2. The van der Waals surface area contributed by atoms with Crippen molar-refractivity contribution in [2.24, 2.45) is 11.7 Å². The van der Waals surface area contributed by atoms with Crippen LogP contribution in [0.1, 0.15) is 34.1 Å². The Morgan fingerprint density at radius 3 is 2.14 bits per heavy atom. The van der Waals surface area contributed by atoms with Crippen LogP contribution in [-0.2, 0) is 14.4 Å². The normalized spacial score (nSPS) is 11.9. The van der Waals surface area contributed by atoms with Gasteiger partial charge >= 0.3 is 0 Å². The summed E-state index contributed by atoms with van der Waals surface area (Å²) in [6.07, 6.45) is 0.257. The second kappa shape index (κ2) is 10.1. The minimum Gasteiger partial charge on any atom is -0.354 e. The first-order valence-electron chi connectivity index (χ1n) is 7.41. The second-order valence-electron chi connectivity index (χ2n) is 5.15.